The van der Waals surface area contributed by atoms with Crippen LogP contribution in [0, 0.1) is 0 Å². The molecule has 0 bridgehead atoms. The van der Waals surface area contributed by atoms with Crippen LogP contribution in [0.4, 0.5) is 0 Å². The fraction of sp³-hybridized carbons (Fsp3) is 0.750. The summed E-state index contributed by atoms with van der Waals surface area (Å²) >= 11 is 0. The van der Waals surface area contributed by atoms with Crippen LogP contribution in [0.3, 0.4) is 0 Å². The smallest absolute Gasteiger partial charge is 0.191 e. The van der Waals surface area contributed by atoms with E-state index in [0.29, 0.717) is 12.6 Å². The van der Waals surface area contributed by atoms with Crippen molar-refractivity contribution in [1.82, 2.24) is 20.7 Å². The standard InChI is InChI=1S/C16H27N5O.HI/c1-17-16(18-12-14-8-11-22-20-14)19-13-6-9-21(10-7-13)15-4-2-3-5-15;/h8,11,13,15H,2-7,9-10,12H2,1H3,(H2,17,18,19);1H. The van der Waals surface area contributed by atoms with Gasteiger partial charge in [-0.3, -0.25) is 4.99 Å². The summed E-state index contributed by atoms with van der Waals surface area (Å²) in [6.07, 6.45) is 9.62. The van der Waals surface area contributed by atoms with Gasteiger partial charge in [-0.15, -0.1) is 24.0 Å². The molecular formula is C16H28IN5O. The van der Waals surface area contributed by atoms with E-state index in [1.54, 1.807) is 6.26 Å². The zero-order chi connectivity index (χ0) is 15.2. The fourth-order valence-electron chi connectivity index (χ4n) is 3.57. The van der Waals surface area contributed by atoms with Gasteiger partial charge in [-0.1, -0.05) is 18.0 Å². The topological polar surface area (TPSA) is 65.7 Å². The lowest BCUT2D eigenvalue weighted by Crippen LogP contribution is -2.50. The molecule has 0 aromatic carbocycles. The number of aromatic nitrogens is 1. The monoisotopic (exact) mass is 433 g/mol. The molecule has 130 valence electrons. The Balaban J connectivity index is 0.00000192. The van der Waals surface area contributed by atoms with Crippen molar-refractivity contribution in [2.75, 3.05) is 20.1 Å². The molecule has 2 aliphatic rings. The van der Waals surface area contributed by atoms with Crippen molar-refractivity contribution in [2.24, 2.45) is 4.99 Å². The molecule has 1 saturated carbocycles. The van der Waals surface area contributed by atoms with Crippen LogP contribution in [0.5, 0.6) is 0 Å². The van der Waals surface area contributed by atoms with E-state index in [2.05, 4.69) is 25.7 Å². The summed E-state index contributed by atoms with van der Waals surface area (Å²) in [4.78, 5) is 6.99. The summed E-state index contributed by atoms with van der Waals surface area (Å²) in [5, 5.41) is 10.7. The normalized spacial score (nSPS) is 21.2. The zero-order valence-corrected chi connectivity index (χ0v) is 16.2. The predicted molar refractivity (Wildman–Crippen MR) is 102 cm³/mol. The van der Waals surface area contributed by atoms with Crippen molar-refractivity contribution in [2.45, 2.75) is 57.2 Å². The Labute approximate surface area is 155 Å². The average Bonchev–Trinajstić information content (AvgIpc) is 3.25. The summed E-state index contributed by atoms with van der Waals surface area (Å²) in [6.45, 7) is 3.06. The minimum Gasteiger partial charge on any atom is -0.364 e. The van der Waals surface area contributed by atoms with Gasteiger partial charge in [-0.05, 0) is 25.7 Å². The summed E-state index contributed by atoms with van der Waals surface area (Å²) in [5.74, 6) is 0.849. The molecule has 1 aromatic rings. The molecule has 7 heteroatoms. The van der Waals surface area contributed by atoms with Gasteiger partial charge in [-0.25, -0.2) is 0 Å². The van der Waals surface area contributed by atoms with E-state index in [9.17, 15) is 0 Å². The van der Waals surface area contributed by atoms with Crippen molar-refractivity contribution in [3.8, 4) is 0 Å². The van der Waals surface area contributed by atoms with Crippen molar-refractivity contribution in [3.63, 3.8) is 0 Å². The molecule has 23 heavy (non-hydrogen) atoms. The first-order valence-electron chi connectivity index (χ1n) is 8.45. The molecule has 0 spiro atoms. The van der Waals surface area contributed by atoms with Gasteiger partial charge < -0.3 is 20.1 Å². The highest BCUT2D eigenvalue weighted by Gasteiger charge is 2.27. The van der Waals surface area contributed by atoms with Crippen LogP contribution in [-0.2, 0) is 6.54 Å². The number of rotatable bonds is 4. The lowest BCUT2D eigenvalue weighted by molar-refractivity contribution is 0.150. The van der Waals surface area contributed by atoms with Gasteiger partial charge in [0.2, 0.25) is 0 Å². The third-order valence-electron chi connectivity index (χ3n) is 4.86. The number of hydrogen-bond acceptors (Lipinski definition) is 4. The molecule has 1 aliphatic heterocycles. The van der Waals surface area contributed by atoms with Gasteiger partial charge in [0.25, 0.3) is 0 Å². The molecule has 1 aromatic heterocycles. The van der Waals surface area contributed by atoms with Crippen molar-refractivity contribution >= 4 is 29.9 Å². The molecule has 0 unspecified atom stereocenters. The van der Waals surface area contributed by atoms with Crippen LogP contribution >= 0.6 is 24.0 Å². The summed E-state index contributed by atoms with van der Waals surface area (Å²) in [5.41, 5.74) is 0.888. The van der Waals surface area contributed by atoms with E-state index in [1.807, 2.05) is 13.1 Å². The maximum absolute atomic E-state index is 4.84. The number of likely N-dealkylation sites (tertiary alicyclic amines) is 1. The first-order chi connectivity index (χ1) is 10.8. The van der Waals surface area contributed by atoms with Crippen molar-refractivity contribution in [3.05, 3.63) is 18.0 Å². The summed E-state index contributed by atoms with van der Waals surface area (Å²) in [6, 6.07) is 3.23. The number of hydrogen-bond donors (Lipinski definition) is 2. The van der Waals surface area contributed by atoms with Crippen molar-refractivity contribution in [1.29, 1.82) is 0 Å². The molecule has 1 aliphatic carbocycles. The van der Waals surface area contributed by atoms with Crippen molar-refractivity contribution < 1.29 is 4.52 Å². The zero-order valence-electron chi connectivity index (χ0n) is 13.8. The lowest BCUT2D eigenvalue weighted by Gasteiger charge is -2.36. The molecule has 2 fully saturated rings. The third-order valence-corrected chi connectivity index (χ3v) is 4.86. The average molecular weight is 433 g/mol. The molecule has 0 atom stereocenters. The Kier molecular flexibility index (Phi) is 7.61. The summed E-state index contributed by atoms with van der Waals surface area (Å²) in [7, 11) is 1.81. The molecular weight excluding hydrogens is 405 g/mol. The van der Waals surface area contributed by atoms with Gasteiger partial charge >= 0.3 is 0 Å². The number of piperidine rings is 1. The second kappa shape index (κ2) is 9.46. The van der Waals surface area contributed by atoms with Crippen LogP contribution in [-0.4, -0.2) is 48.2 Å². The molecule has 2 N–H and O–H groups in total. The Bertz CT molecular complexity index is 465. The minimum atomic E-state index is 0. The first kappa shape index (κ1) is 18.5. The maximum atomic E-state index is 4.84. The Hall–Kier alpha value is -0.830. The largest absolute Gasteiger partial charge is 0.364 e. The highest BCUT2D eigenvalue weighted by atomic mass is 127. The number of aliphatic imine (C=N–C) groups is 1. The number of guanidine groups is 1. The second-order valence-corrected chi connectivity index (χ2v) is 6.31. The van der Waals surface area contributed by atoms with E-state index in [-0.39, 0.29) is 24.0 Å². The number of nitrogens with zero attached hydrogens (tertiary/aromatic N) is 3. The first-order valence-corrected chi connectivity index (χ1v) is 8.45. The molecule has 0 amide bonds. The third kappa shape index (κ3) is 5.34. The van der Waals surface area contributed by atoms with Gasteiger partial charge in [0.15, 0.2) is 5.96 Å². The minimum absolute atomic E-state index is 0. The van der Waals surface area contributed by atoms with Gasteiger partial charge in [0.05, 0.1) is 6.54 Å². The van der Waals surface area contributed by atoms with E-state index in [1.165, 1.54) is 51.6 Å². The molecule has 6 nitrogen and oxygen atoms in total. The van der Waals surface area contributed by atoms with E-state index < -0.39 is 0 Å². The SMILES string of the molecule is CN=C(NCc1ccon1)NC1CCN(C2CCCC2)CC1.I. The lowest BCUT2D eigenvalue weighted by atomic mass is 10.0. The fourth-order valence-corrected chi connectivity index (χ4v) is 3.57. The van der Waals surface area contributed by atoms with Crippen LogP contribution < -0.4 is 10.6 Å². The molecule has 1 saturated heterocycles. The Morgan fingerprint density at radius 1 is 1.30 bits per heavy atom. The molecule has 0 radical (unpaired) electrons. The van der Waals surface area contributed by atoms with Gasteiger partial charge in [0, 0.05) is 38.3 Å². The second-order valence-electron chi connectivity index (χ2n) is 6.31. The highest BCUT2D eigenvalue weighted by Crippen LogP contribution is 2.26. The van der Waals surface area contributed by atoms with E-state index >= 15 is 0 Å². The predicted octanol–water partition coefficient (Wildman–Crippen LogP) is 2.36. The van der Waals surface area contributed by atoms with Crippen LogP contribution in [0.1, 0.15) is 44.2 Å². The maximum Gasteiger partial charge on any atom is 0.191 e. The summed E-state index contributed by atoms with van der Waals surface area (Å²) < 4.78 is 4.84. The Morgan fingerprint density at radius 2 is 2.04 bits per heavy atom. The van der Waals surface area contributed by atoms with Crippen LogP contribution in [0.25, 0.3) is 0 Å². The molecule has 3 rings (SSSR count). The van der Waals surface area contributed by atoms with Gasteiger partial charge in [-0.2, -0.15) is 0 Å². The Morgan fingerprint density at radius 3 is 2.65 bits per heavy atom. The quantitative estimate of drug-likeness (QED) is 0.434. The number of nitrogens with one attached hydrogen (secondary N) is 2. The van der Waals surface area contributed by atoms with Crippen LogP contribution in [0.2, 0.25) is 0 Å². The van der Waals surface area contributed by atoms with Gasteiger partial charge in [0.1, 0.15) is 12.0 Å². The molecule has 2 heterocycles. The van der Waals surface area contributed by atoms with E-state index in [4.69, 9.17) is 4.52 Å². The number of halogens is 1. The highest BCUT2D eigenvalue weighted by molar-refractivity contribution is 14.0. The van der Waals surface area contributed by atoms with Crippen LogP contribution in [0.15, 0.2) is 21.8 Å². The van der Waals surface area contributed by atoms with E-state index in [0.717, 1.165) is 17.7 Å².